The Kier molecular flexibility index (Phi) is 6.67. The molecule has 0 spiro atoms. The molecule has 0 unspecified atom stereocenters. The molecule has 0 aliphatic rings. The van der Waals surface area contributed by atoms with Crippen molar-refractivity contribution in [2.75, 3.05) is 18.2 Å². The van der Waals surface area contributed by atoms with Gasteiger partial charge < -0.3 is 4.74 Å². The number of nitrogens with zero attached hydrogens (tertiary/aromatic N) is 1. The summed E-state index contributed by atoms with van der Waals surface area (Å²) in [5.41, 5.74) is 2.13. The second-order valence-electron chi connectivity index (χ2n) is 9.90. The topological polar surface area (TPSA) is 85.4 Å². The van der Waals surface area contributed by atoms with Crippen LogP contribution >= 0.6 is 11.3 Å². The molecule has 0 fully saturated rings. The van der Waals surface area contributed by atoms with Gasteiger partial charge in [0.2, 0.25) is 0 Å². The van der Waals surface area contributed by atoms with E-state index in [1.165, 1.54) is 23.0 Å². The van der Waals surface area contributed by atoms with E-state index in [2.05, 4.69) is 44.9 Å². The highest BCUT2D eigenvalue weighted by Gasteiger charge is 2.27. The molecule has 1 heterocycles. The highest BCUT2D eigenvalue weighted by atomic mass is 32.2. The first-order valence-electron chi connectivity index (χ1n) is 10.4. The van der Waals surface area contributed by atoms with Gasteiger partial charge in [0.1, 0.15) is 5.75 Å². The molecule has 6 nitrogen and oxygen atoms in total. The molecule has 0 saturated heterocycles. The lowest BCUT2D eigenvalue weighted by molar-refractivity contribution is -0.118. The molecule has 3 rings (SSSR count). The van der Waals surface area contributed by atoms with Crippen LogP contribution in [-0.4, -0.2) is 32.2 Å². The molecule has 1 amide bonds. The highest BCUT2D eigenvalue weighted by Crippen LogP contribution is 2.36. The summed E-state index contributed by atoms with van der Waals surface area (Å²) < 4.78 is 29.8. The average molecular weight is 475 g/mol. The Labute approximate surface area is 193 Å². The summed E-state index contributed by atoms with van der Waals surface area (Å²) in [5.74, 6) is 0.294. The Bertz CT molecular complexity index is 1220. The lowest BCUT2D eigenvalue weighted by atomic mass is 9.72. The van der Waals surface area contributed by atoms with Gasteiger partial charge in [0.25, 0.3) is 5.91 Å². The number of carbonyl (C=O) groups is 1. The minimum Gasteiger partial charge on any atom is -0.484 e. The highest BCUT2D eigenvalue weighted by molar-refractivity contribution is 7.90. The zero-order valence-corrected chi connectivity index (χ0v) is 21.0. The summed E-state index contributed by atoms with van der Waals surface area (Å²) in [4.78, 5) is 16.9. The van der Waals surface area contributed by atoms with E-state index in [4.69, 9.17) is 4.74 Å². The monoisotopic (exact) mass is 474 g/mol. The number of aromatic nitrogens is 1. The van der Waals surface area contributed by atoms with E-state index in [1.54, 1.807) is 12.1 Å². The van der Waals surface area contributed by atoms with Gasteiger partial charge in [0.15, 0.2) is 21.6 Å². The third-order valence-electron chi connectivity index (χ3n) is 5.01. The summed E-state index contributed by atoms with van der Waals surface area (Å²) in [6, 6.07) is 12.6. The first kappa shape index (κ1) is 24.2. The molecule has 0 aliphatic heterocycles. The SMILES string of the molecule is CC(C)(C)CC(C)(C)c1ccc(OCC(=O)Nc2nc3ccc(S(C)(=O)=O)cc3s2)cc1. The van der Waals surface area contributed by atoms with E-state index in [1.807, 2.05) is 24.3 Å². The third-order valence-corrected chi connectivity index (χ3v) is 7.06. The van der Waals surface area contributed by atoms with Crippen molar-refractivity contribution in [3.63, 3.8) is 0 Å². The van der Waals surface area contributed by atoms with Gasteiger partial charge in [-0.25, -0.2) is 13.4 Å². The van der Waals surface area contributed by atoms with Crippen molar-refractivity contribution in [2.45, 2.75) is 51.3 Å². The number of thiazole rings is 1. The van der Waals surface area contributed by atoms with Crippen LogP contribution in [0.15, 0.2) is 47.4 Å². The normalized spacial score (nSPS) is 12.7. The average Bonchev–Trinajstić information content (AvgIpc) is 3.05. The van der Waals surface area contributed by atoms with Crippen molar-refractivity contribution in [1.82, 2.24) is 4.98 Å². The van der Waals surface area contributed by atoms with Crippen LogP contribution in [0.3, 0.4) is 0 Å². The number of ether oxygens (including phenoxy) is 1. The Morgan fingerprint density at radius 3 is 2.31 bits per heavy atom. The number of amides is 1. The number of fused-ring (bicyclic) bond motifs is 1. The predicted molar refractivity (Wildman–Crippen MR) is 130 cm³/mol. The van der Waals surface area contributed by atoms with Crippen molar-refractivity contribution in [3.8, 4) is 5.75 Å². The molecule has 1 N–H and O–H groups in total. The molecule has 0 saturated carbocycles. The van der Waals surface area contributed by atoms with Gasteiger partial charge in [0.05, 0.1) is 15.1 Å². The third kappa shape index (κ3) is 6.29. The minimum absolute atomic E-state index is 0.0397. The number of carbonyl (C=O) groups excluding carboxylic acids is 1. The van der Waals surface area contributed by atoms with Crippen molar-refractivity contribution in [1.29, 1.82) is 0 Å². The van der Waals surface area contributed by atoms with Crippen LogP contribution in [0, 0.1) is 5.41 Å². The Balaban J connectivity index is 1.60. The smallest absolute Gasteiger partial charge is 0.264 e. The van der Waals surface area contributed by atoms with E-state index in [0.29, 0.717) is 21.1 Å². The summed E-state index contributed by atoms with van der Waals surface area (Å²) in [6.45, 7) is 11.0. The van der Waals surface area contributed by atoms with Gasteiger partial charge in [-0.3, -0.25) is 10.1 Å². The van der Waals surface area contributed by atoms with E-state index in [0.717, 1.165) is 12.7 Å². The van der Waals surface area contributed by atoms with Crippen LogP contribution in [0.1, 0.15) is 46.6 Å². The van der Waals surface area contributed by atoms with Crippen LogP contribution in [0.4, 0.5) is 5.13 Å². The molecular formula is C24H30N2O4S2. The molecule has 1 aromatic heterocycles. The van der Waals surface area contributed by atoms with Crippen LogP contribution < -0.4 is 10.1 Å². The van der Waals surface area contributed by atoms with Gasteiger partial charge in [-0.1, -0.05) is 58.1 Å². The number of anilines is 1. The summed E-state index contributed by atoms with van der Waals surface area (Å²) in [7, 11) is -3.30. The number of nitrogens with one attached hydrogen (secondary N) is 1. The molecule has 3 aromatic rings. The van der Waals surface area contributed by atoms with E-state index < -0.39 is 9.84 Å². The maximum atomic E-state index is 12.3. The molecule has 32 heavy (non-hydrogen) atoms. The fourth-order valence-electron chi connectivity index (χ4n) is 3.92. The van der Waals surface area contributed by atoms with Crippen molar-refractivity contribution in [3.05, 3.63) is 48.0 Å². The second kappa shape index (κ2) is 8.83. The first-order valence-corrected chi connectivity index (χ1v) is 13.1. The fraction of sp³-hybridized carbons (Fsp3) is 0.417. The molecule has 0 atom stereocenters. The van der Waals surface area contributed by atoms with Crippen LogP contribution in [-0.2, 0) is 20.0 Å². The van der Waals surface area contributed by atoms with E-state index in [9.17, 15) is 13.2 Å². The molecule has 0 bridgehead atoms. The van der Waals surface area contributed by atoms with Gasteiger partial charge in [0, 0.05) is 6.26 Å². The zero-order valence-electron chi connectivity index (χ0n) is 19.4. The number of hydrogen-bond acceptors (Lipinski definition) is 6. The van der Waals surface area contributed by atoms with Crippen LogP contribution in [0.2, 0.25) is 0 Å². The number of rotatable bonds is 7. The number of hydrogen-bond donors (Lipinski definition) is 1. The van der Waals surface area contributed by atoms with Crippen molar-refractivity contribution < 1.29 is 17.9 Å². The minimum atomic E-state index is -3.30. The van der Waals surface area contributed by atoms with Gasteiger partial charge in [-0.2, -0.15) is 0 Å². The number of sulfone groups is 1. The van der Waals surface area contributed by atoms with Gasteiger partial charge in [-0.05, 0) is 53.1 Å². The molecular weight excluding hydrogens is 444 g/mol. The summed E-state index contributed by atoms with van der Waals surface area (Å²) in [6.07, 6.45) is 2.21. The maximum absolute atomic E-state index is 12.3. The maximum Gasteiger partial charge on any atom is 0.264 e. The first-order chi connectivity index (χ1) is 14.7. The summed E-state index contributed by atoms with van der Waals surface area (Å²) in [5, 5.41) is 3.12. The van der Waals surface area contributed by atoms with E-state index in [-0.39, 0.29) is 28.2 Å². The molecule has 0 radical (unpaired) electrons. The second-order valence-corrected chi connectivity index (χ2v) is 12.9. The van der Waals surface area contributed by atoms with Crippen molar-refractivity contribution in [2.24, 2.45) is 5.41 Å². The predicted octanol–water partition coefficient (Wildman–Crippen LogP) is 5.43. The lowest BCUT2D eigenvalue weighted by Crippen LogP contribution is -2.24. The quantitative estimate of drug-likeness (QED) is 0.493. The molecule has 0 aliphatic carbocycles. The standard InChI is InChI=1S/C24H30N2O4S2/c1-23(2,3)15-24(4,5)16-7-9-17(10-8-16)30-14-21(27)26-22-25-19-12-11-18(32(6,28)29)13-20(19)31-22/h7-13H,14-15H2,1-6H3,(H,25,26,27). The Morgan fingerprint density at radius 2 is 1.72 bits per heavy atom. The molecule has 172 valence electrons. The van der Waals surface area contributed by atoms with Gasteiger partial charge >= 0.3 is 0 Å². The van der Waals surface area contributed by atoms with Gasteiger partial charge in [-0.15, -0.1) is 0 Å². The zero-order chi connectivity index (χ0) is 23.7. The molecule has 8 heteroatoms. The van der Waals surface area contributed by atoms with Crippen molar-refractivity contribution >= 4 is 42.4 Å². The summed E-state index contributed by atoms with van der Waals surface area (Å²) >= 11 is 1.22. The van der Waals surface area contributed by atoms with E-state index >= 15 is 0 Å². The lowest BCUT2D eigenvalue weighted by Gasteiger charge is -2.33. The number of benzene rings is 2. The largest absolute Gasteiger partial charge is 0.484 e. The molecule has 2 aromatic carbocycles. The fourth-order valence-corrected chi connectivity index (χ4v) is 5.57. The Morgan fingerprint density at radius 1 is 1.06 bits per heavy atom. The van der Waals surface area contributed by atoms with Crippen LogP contribution in [0.5, 0.6) is 5.75 Å². The van der Waals surface area contributed by atoms with Crippen LogP contribution in [0.25, 0.3) is 10.2 Å². The Hall–Kier alpha value is -2.45.